The van der Waals surface area contributed by atoms with Crippen molar-refractivity contribution >= 4 is 26.4 Å². The molecule has 1 saturated heterocycles. The molecular formula is C12H15N3O2S. The fourth-order valence-corrected chi connectivity index (χ4v) is 4.04. The normalized spacial score (nSPS) is 23.0. The Morgan fingerprint density at radius 1 is 1.39 bits per heavy atom. The first kappa shape index (κ1) is 11.5. The topological polar surface area (TPSA) is 74.8 Å². The van der Waals surface area contributed by atoms with Crippen LogP contribution < -0.4 is 5.32 Å². The smallest absolute Gasteiger partial charge is 0.152 e. The highest BCUT2D eigenvalue weighted by molar-refractivity contribution is 7.91. The first-order valence-electron chi connectivity index (χ1n) is 6.02. The molecule has 2 N–H and O–H groups in total. The standard InChI is InChI=1S/C12H15N3O2S/c16-18(17)5-1-2-11(8-18)14-10-3-4-12-9(6-10)7-13-15-12/h3-4,6-7,11,14H,1-2,5,8H2,(H,13,15). The fraction of sp³-hybridized carbons (Fsp3) is 0.417. The third-order valence-corrected chi connectivity index (χ3v) is 5.09. The summed E-state index contributed by atoms with van der Waals surface area (Å²) in [6, 6.07) is 5.90. The Morgan fingerprint density at radius 2 is 2.28 bits per heavy atom. The number of aromatic amines is 1. The number of hydrogen-bond acceptors (Lipinski definition) is 4. The molecule has 6 heteroatoms. The van der Waals surface area contributed by atoms with Gasteiger partial charge >= 0.3 is 0 Å². The maximum atomic E-state index is 11.6. The molecule has 0 amide bonds. The zero-order valence-corrected chi connectivity index (χ0v) is 10.7. The van der Waals surface area contributed by atoms with Crippen molar-refractivity contribution in [3.8, 4) is 0 Å². The van der Waals surface area contributed by atoms with Crippen LogP contribution in [0.2, 0.25) is 0 Å². The minimum Gasteiger partial charge on any atom is -0.381 e. The molecule has 18 heavy (non-hydrogen) atoms. The molecule has 0 saturated carbocycles. The Kier molecular flexibility index (Phi) is 2.74. The first-order chi connectivity index (χ1) is 8.62. The highest BCUT2D eigenvalue weighted by atomic mass is 32.2. The monoisotopic (exact) mass is 265 g/mol. The van der Waals surface area contributed by atoms with Gasteiger partial charge in [0.05, 0.1) is 23.2 Å². The molecule has 1 aliphatic heterocycles. The molecule has 1 aromatic carbocycles. The van der Waals surface area contributed by atoms with Gasteiger partial charge in [0.2, 0.25) is 0 Å². The van der Waals surface area contributed by atoms with E-state index < -0.39 is 9.84 Å². The molecule has 0 bridgehead atoms. The number of hydrogen-bond donors (Lipinski definition) is 2. The molecule has 5 nitrogen and oxygen atoms in total. The highest BCUT2D eigenvalue weighted by Crippen LogP contribution is 2.20. The molecule has 0 spiro atoms. The van der Waals surface area contributed by atoms with Crippen molar-refractivity contribution in [3.05, 3.63) is 24.4 Å². The van der Waals surface area contributed by atoms with Crippen molar-refractivity contribution in [2.24, 2.45) is 0 Å². The molecule has 1 aromatic heterocycles. The number of nitrogens with zero attached hydrogens (tertiary/aromatic N) is 1. The largest absolute Gasteiger partial charge is 0.381 e. The Morgan fingerprint density at radius 3 is 3.11 bits per heavy atom. The van der Waals surface area contributed by atoms with E-state index in [2.05, 4.69) is 15.5 Å². The Hall–Kier alpha value is -1.56. The number of aromatic nitrogens is 2. The molecule has 1 aliphatic rings. The number of benzene rings is 1. The summed E-state index contributed by atoms with van der Waals surface area (Å²) in [5, 5.41) is 11.2. The third-order valence-electron chi connectivity index (χ3n) is 3.27. The lowest BCUT2D eigenvalue weighted by atomic mass is 10.1. The summed E-state index contributed by atoms with van der Waals surface area (Å²) in [6.45, 7) is 0. The lowest BCUT2D eigenvalue weighted by molar-refractivity contribution is 0.562. The van der Waals surface area contributed by atoms with Crippen LogP contribution in [-0.2, 0) is 9.84 Å². The molecule has 1 fully saturated rings. The fourth-order valence-electron chi connectivity index (χ4n) is 2.40. The van der Waals surface area contributed by atoms with Gasteiger partial charge in [-0.2, -0.15) is 5.10 Å². The SMILES string of the molecule is O=S1(=O)CCCC(Nc2ccc3[nH]ncc3c2)C1. The van der Waals surface area contributed by atoms with Gasteiger partial charge in [0.1, 0.15) is 0 Å². The number of anilines is 1. The number of rotatable bonds is 2. The van der Waals surface area contributed by atoms with Gasteiger partial charge in [-0.05, 0) is 31.0 Å². The van der Waals surface area contributed by atoms with Crippen molar-refractivity contribution in [1.29, 1.82) is 0 Å². The molecule has 1 atom stereocenters. The summed E-state index contributed by atoms with van der Waals surface area (Å²) in [6.07, 6.45) is 3.41. The zero-order chi connectivity index (χ0) is 12.6. The summed E-state index contributed by atoms with van der Waals surface area (Å²) in [4.78, 5) is 0. The van der Waals surface area contributed by atoms with Crippen molar-refractivity contribution in [1.82, 2.24) is 10.2 Å². The van der Waals surface area contributed by atoms with Crippen molar-refractivity contribution in [3.63, 3.8) is 0 Å². The number of nitrogens with one attached hydrogen (secondary N) is 2. The summed E-state index contributed by atoms with van der Waals surface area (Å²) >= 11 is 0. The average molecular weight is 265 g/mol. The Bertz CT molecular complexity index is 663. The van der Waals surface area contributed by atoms with Gasteiger partial charge < -0.3 is 5.32 Å². The van der Waals surface area contributed by atoms with Gasteiger partial charge in [0.15, 0.2) is 9.84 Å². The van der Waals surface area contributed by atoms with Gasteiger partial charge in [-0.25, -0.2) is 8.42 Å². The van der Waals surface area contributed by atoms with E-state index >= 15 is 0 Å². The van der Waals surface area contributed by atoms with Gasteiger partial charge in [-0.3, -0.25) is 5.10 Å². The zero-order valence-electron chi connectivity index (χ0n) is 9.89. The van der Waals surface area contributed by atoms with Crippen LogP contribution in [0.3, 0.4) is 0 Å². The van der Waals surface area contributed by atoms with Crippen molar-refractivity contribution < 1.29 is 8.42 Å². The van der Waals surface area contributed by atoms with Gasteiger partial charge in [0.25, 0.3) is 0 Å². The predicted octanol–water partition coefficient (Wildman–Crippen LogP) is 1.55. The highest BCUT2D eigenvalue weighted by Gasteiger charge is 2.24. The number of fused-ring (bicyclic) bond motifs is 1. The molecule has 2 aromatic rings. The maximum Gasteiger partial charge on any atom is 0.152 e. The third kappa shape index (κ3) is 2.33. The van der Waals surface area contributed by atoms with E-state index in [1.54, 1.807) is 6.20 Å². The van der Waals surface area contributed by atoms with E-state index in [4.69, 9.17) is 0 Å². The van der Waals surface area contributed by atoms with Crippen LogP contribution in [0.4, 0.5) is 5.69 Å². The van der Waals surface area contributed by atoms with Crippen LogP contribution in [0.15, 0.2) is 24.4 Å². The molecule has 2 heterocycles. The van der Waals surface area contributed by atoms with E-state index in [1.165, 1.54) is 0 Å². The Labute approximate surface area is 106 Å². The molecule has 3 rings (SSSR count). The van der Waals surface area contributed by atoms with Crippen LogP contribution >= 0.6 is 0 Å². The van der Waals surface area contributed by atoms with E-state index in [9.17, 15) is 8.42 Å². The van der Waals surface area contributed by atoms with E-state index in [1.807, 2.05) is 18.2 Å². The molecule has 1 unspecified atom stereocenters. The van der Waals surface area contributed by atoms with Crippen molar-refractivity contribution in [2.45, 2.75) is 18.9 Å². The quantitative estimate of drug-likeness (QED) is 0.864. The minimum atomic E-state index is -2.86. The minimum absolute atomic E-state index is 0.0214. The van der Waals surface area contributed by atoms with Gasteiger partial charge in [-0.1, -0.05) is 0 Å². The lowest BCUT2D eigenvalue weighted by Gasteiger charge is -2.24. The number of H-pyrrole nitrogens is 1. The average Bonchev–Trinajstić information content (AvgIpc) is 2.74. The first-order valence-corrected chi connectivity index (χ1v) is 7.85. The summed E-state index contributed by atoms with van der Waals surface area (Å²) in [5.41, 5.74) is 1.93. The second kappa shape index (κ2) is 4.28. The molecular weight excluding hydrogens is 250 g/mol. The van der Waals surface area contributed by atoms with Gasteiger partial charge in [0, 0.05) is 17.1 Å². The van der Waals surface area contributed by atoms with Crippen molar-refractivity contribution in [2.75, 3.05) is 16.8 Å². The predicted molar refractivity (Wildman–Crippen MR) is 71.4 cm³/mol. The van der Waals surface area contributed by atoms with Gasteiger partial charge in [-0.15, -0.1) is 0 Å². The van der Waals surface area contributed by atoms with Crippen LogP contribution in [0.1, 0.15) is 12.8 Å². The summed E-state index contributed by atoms with van der Waals surface area (Å²) < 4.78 is 23.1. The van der Waals surface area contributed by atoms with E-state index in [0.29, 0.717) is 5.75 Å². The molecule has 0 aliphatic carbocycles. The van der Waals surface area contributed by atoms with E-state index in [-0.39, 0.29) is 11.8 Å². The second-order valence-corrected chi connectivity index (χ2v) is 7.00. The molecule has 0 radical (unpaired) electrons. The second-order valence-electron chi connectivity index (χ2n) is 4.77. The van der Waals surface area contributed by atoms with Crippen LogP contribution in [-0.4, -0.2) is 36.2 Å². The van der Waals surface area contributed by atoms with Crippen LogP contribution in [0.5, 0.6) is 0 Å². The van der Waals surface area contributed by atoms with E-state index in [0.717, 1.165) is 29.4 Å². The summed E-state index contributed by atoms with van der Waals surface area (Å²) in [7, 11) is -2.86. The Balaban J connectivity index is 1.79. The summed E-state index contributed by atoms with van der Waals surface area (Å²) in [5.74, 6) is 0.558. The van der Waals surface area contributed by atoms with Crippen LogP contribution in [0, 0.1) is 0 Å². The lowest BCUT2D eigenvalue weighted by Crippen LogP contribution is -2.34. The van der Waals surface area contributed by atoms with Crippen LogP contribution in [0.25, 0.3) is 10.9 Å². The maximum absolute atomic E-state index is 11.6. The number of sulfone groups is 1. The molecule has 96 valence electrons.